The number of fused-ring (bicyclic) bond motifs is 1. The van der Waals surface area contributed by atoms with Crippen molar-refractivity contribution >= 4 is 22.5 Å². The molecule has 2 aromatic heterocycles. The summed E-state index contributed by atoms with van der Waals surface area (Å²) in [5.41, 5.74) is 1.13. The molecule has 0 amide bonds. The number of H-pyrrole nitrogens is 1. The van der Waals surface area contributed by atoms with Crippen LogP contribution in [0, 0.1) is 0 Å². The van der Waals surface area contributed by atoms with Crippen molar-refractivity contribution in [2.45, 2.75) is 0 Å². The fourth-order valence-electron chi connectivity index (χ4n) is 1.28. The Morgan fingerprint density at radius 1 is 1.06 bits per heavy atom. The minimum atomic E-state index is 0.784. The van der Waals surface area contributed by atoms with Crippen LogP contribution in [-0.4, -0.2) is 15.0 Å². The molecule has 1 N–H and O–H groups in total. The lowest BCUT2D eigenvalue weighted by Gasteiger charge is -1.88. The fourth-order valence-corrected chi connectivity index (χ4v) is 1.46. The first-order valence-corrected chi connectivity index (χ1v) is 5.17. The van der Waals surface area contributed by atoms with Crippen molar-refractivity contribution in [1.29, 1.82) is 0 Å². The van der Waals surface area contributed by atoms with Crippen LogP contribution in [-0.2, 0) is 0 Å². The Labute approximate surface area is 98.1 Å². The van der Waals surface area contributed by atoms with Crippen LogP contribution in [0.2, 0.25) is 5.02 Å². The zero-order chi connectivity index (χ0) is 11.2. The van der Waals surface area contributed by atoms with Gasteiger partial charge in [-0.1, -0.05) is 11.6 Å². The third kappa shape index (κ3) is 2.81. The van der Waals surface area contributed by atoms with E-state index in [1.807, 2.05) is 30.5 Å². The Morgan fingerprint density at radius 3 is 2.50 bits per heavy atom. The second-order valence-electron chi connectivity index (χ2n) is 3.11. The highest BCUT2D eigenvalue weighted by Gasteiger charge is 1.92. The predicted molar refractivity (Wildman–Crippen MR) is 65.3 cm³/mol. The molecule has 80 valence electrons. The van der Waals surface area contributed by atoms with Crippen molar-refractivity contribution in [1.82, 2.24) is 15.0 Å². The molecule has 0 unspecified atom stereocenters. The molecule has 3 nitrogen and oxygen atoms in total. The van der Waals surface area contributed by atoms with E-state index < -0.39 is 0 Å². The minimum Gasteiger partial charge on any atom is -0.361 e. The molecule has 0 atom stereocenters. The Morgan fingerprint density at radius 2 is 1.88 bits per heavy atom. The van der Waals surface area contributed by atoms with Crippen molar-refractivity contribution in [3.05, 3.63) is 60.3 Å². The van der Waals surface area contributed by atoms with Gasteiger partial charge in [0, 0.05) is 34.5 Å². The van der Waals surface area contributed by atoms with E-state index in [-0.39, 0.29) is 0 Å². The number of rotatable bonds is 0. The van der Waals surface area contributed by atoms with Crippen LogP contribution in [0.15, 0.2) is 55.2 Å². The van der Waals surface area contributed by atoms with Gasteiger partial charge in [0.15, 0.2) is 0 Å². The molecule has 1 aromatic carbocycles. The molecule has 3 rings (SSSR count). The highest BCUT2D eigenvalue weighted by molar-refractivity contribution is 6.31. The number of benzene rings is 1. The first-order valence-electron chi connectivity index (χ1n) is 4.79. The maximum atomic E-state index is 5.76. The smallest absolute Gasteiger partial charge is 0.115 e. The summed E-state index contributed by atoms with van der Waals surface area (Å²) in [6, 6.07) is 9.56. The standard InChI is InChI=1S/C8H6ClN.C4H4N2/c9-7-1-2-8-6(5-7)3-4-10-8;1-2-5-4-6-3-1/h1-5,10H;1-4H. The minimum absolute atomic E-state index is 0.784. The van der Waals surface area contributed by atoms with Gasteiger partial charge in [0.2, 0.25) is 0 Å². The highest BCUT2D eigenvalue weighted by atomic mass is 35.5. The summed E-state index contributed by atoms with van der Waals surface area (Å²) in [7, 11) is 0. The summed E-state index contributed by atoms with van der Waals surface area (Å²) in [5.74, 6) is 0. The summed E-state index contributed by atoms with van der Waals surface area (Å²) in [6.07, 6.45) is 6.78. The molecular weight excluding hydrogens is 222 g/mol. The average molecular weight is 232 g/mol. The largest absolute Gasteiger partial charge is 0.361 e. The van der Waals surface area contributed by atoms with Crippen LogP contribution in [0.4, 0.5) is 0 Å². The van der Waals surface area contributed by atoms with E-state index in [0.717, 1.165) is 15.9 Å². The number of aromatic nitrogens is 3. The van der Waals surface area contributed by atoms with Crippen LogP contribution < -0.4 is 0 Å². The molecule has 0 aliphatic rings. The van der Waals surface area contributed by atoms with Gasteiger partial charge >= 0.3 is 0 Å². The third-order valence-electron chi connectivity index (χ3n) is 1.99. The van der Waals surface area contributed by atoms with Crippen LogP contribution in [0.25, 0.3) is 10.9 Å². The molecule has 0 radical (unpaired) electrons. The van der Waals surface area contributed by atoms with E-state index in [1.165, 1.54) is 6.33 Å². The summed E-state index contributed by atoms with van der Waals surface area (Å²) < 4.78 is 0. The highest BCUT2D eigenvalue weighted by Crippen LogP contribution is 2.17. The van der Waals surface area contributed by atoms with Crippen LogP contribution in [0.5, 0.6) is 0 Å². The second-order valence-corrected chi connectivity index (χ2v) is 3.55. The van der Waals surface area contributed by atoms with Gasteiger partial charge < -0.3 is 4.98 Å². The Kier molecular flexibility index (Phi) is 3.51. The first kappa shape index (κ1) is 10.6. The van der Waals surface area contributed by atoms with E-state index in [2.05, 4.69) is 15.0 Å². The lowest BCUT2D eigenvalue weighted by Crippen LogP contribution is -1.66. The number of hydrogen-bond donors (Lipinski definition) is 1. The van der Waals surface area contributed by atoms with Crippen molar-refractivity contribution < 1.29 is 0 Å². The van der Waals surface area contributed by atoms with Gasteiger partial charge in [0.25, 0.3) is 0 Å². The Bertz CT molecular complexity index is 522. The SMILES string of the molecule is Clc1ccc2[nH]ccc2c1.c1cncnc1. The quantitative estimate of drug-likeness (QED) is 0.645. The van der Waals surface area contributed by atoms with Gasteiger partial charge in [-0.3, -0.25) is 0 Å². The fraction of sp³-hybridized carbons (Fsp3) is 0. The summed E-state index contributed by atoms with van der Waals surface area (Å²) in [6.45, 7) is 0. The molecule has 16 heavy (non-hydrogen) atoms. The molecule has 0 aliphatic heterocycles. The maximum Gasteiger partial charge on any atom is 0.115 e. The molecule has 0 saturated heterocycles. The topological polar surface area (TPSA) is 41.6 Å². The molecule has 3 aromatic rings. The van der Waals surface area contributed by atoms with Crippen molar-refractivity contribution in [2.24, 2.45) is 0 Å². The summed E-state index contributed by atoms with van der Waals surface area (Å²) in [5, 5.41) is 1.94. The van der Waals surface area contributed by atoms with Gasteiger partial charge in [0.1, 0.15) is 6.33 Å². The predicted octanol–water partition coefficient (Wildman–Crippen LogP) is 3.30. The van der Waals surface area contributed by atoms with E-state index >= 15 is 0 Å². The van der Waals surface area contributed by atoms with Crippen molar-refractivity contribution in [3.63, 3.8) is 0 Å². The van der Waals surface area contributed by atoms with Crippen molar-refractivity contribution in [3.8, 4) is 0 Å². The van der Waals surface area contributed by atoms with Gasteiger partial charge in [0.05, 0.1) is 0 Å². The van der Waals surface area contributed by atoms with E-state index in [9.17, 15) is 0 Å². The average Bonchev–Trinajstić information content (AvgIpc) is 2.79. The van der Waals surface area contributed by atoms with Crippen molar-refractivity contribution in [2.75, 3.05) is 0 Å². The molecule has 2 heterocycles. The number of nitrogens with zero attached hydrogens (tertiary/aromatic N) is 2. The number of nitrogens with one attached hydrogen (secondary N) is 1. The van der Waals surface area contributed by atoms with Crippen LogP contribution in [0.1, 0.15) is 0 Å². The van der Waals surface area contributed by atoms with Gasteiger partial charge in [-0.25, -0.2) is 9.97 Å². The monoisotopic (exact) mass is 231 g/mol. The molecule has 0 spiro atoms. The summed E-state index contributed by atoms with van der Waals surface area (Å²) in [4.78, 5) is 10.4. The van der Waals surface area contributed by atoms with Gasteiger partial charge in [-0.05, 0) is 30.3 Å². The molecular formula is C12H10ClN3. The second kappa shape index (κ2) is 5.28. The van der Waals surface area contributed by atoms with E-state index in [0.29, 0.717) is 0 Å². The number of halogens is 1. The lowest BCUT2D eigenvalue weighted by atomic mass is 10.2. The molecule has 0 aliphatic carbocycles. The molecule has 0 saturated carbocycles. The normalized spacial score (nSPS) is 9.56. The lowest BCUT2D eigenvalue weighted by molar-refractivity contribution is 1.17. The Hall–Kier alpha value is -1.87. The zero-order valence-corrected chi connectivity index (χ0v) is 9.22. The zero-order valence-electron chi connectivity index (χ0n) is 8.47. The van der Waals surface area contributed by atoms with Crippen LogP contribution in [0.3, 0.4) is 0 Å². The molecule has 0 bridgehead atoms. The Balaban J connectivity index is 0.000000138. The number of hydrogen-bond acceptors (Lipinski definition) is 2. The van der Waals surface area contributed by atoms with Crippen LogP contribution >= 0.6 is 11.6 Å². The first-order chi connectivity index (χ1) is 7.86. The van der Waals surface area contributed by atoms with E-state index in [4.69, 9.17) is 11.6 Å². The number of aromatic amines is 1. The molecule has 4 heteroatoms. The van der Waals surface area contributed by atoms with Gasteiger partial charge in [-0.15, -0.1) is 0 Å². The maximum absolute atomic E-state index is 5.76. The van der Waals surface area contributed by atoms with E-state index in [1.54, 1.807) is 18.5 Å². The molecule has 0 fully saturated rings. The third-order valence-corrected chi connectivity index (χ3v) is 2.23. The summed E-state index contributed by atoms with van der Waals surface area (Å²) >= 11 is 5.76. The van der Waals surface area contributed by atoms with Gasteiger partial charge in [-0.2, -0.15) is 0 Å².